The number of aliphatic hydroxyl groups is 1. The molecule has 0 amide bonds. The number of unbranched alkanes of at least 4 members (excludes halogenated alkanes) is 48. The summed E-state index contributed by atoms with van der Waals surface area (Å²) in [5.74, 6) is -0.562. The molecule has 3 N–H and O–H groups in total. The van der Waals surface area contributed by atoms with Gasteiger partial charge in [0.25, 0.3) is 0 Å². The summed E-state index contributed by atoms with van der Waals surface area (Å²) in [6, 6.07) is 0. The molecule has 0 rings (SSSR count). The van der Waals surface area contributed by atoms with Gasteiger partial charge in [-0.15, -0.1) is 0 Å². The number of carbonyl (C=O) groups excluding carboxylic acids is 4. The van der Waals surface area contributed by atoms with Crippen LogP contribution in [0.2, 0.25) is 0 Å². The number of hydrogen-bond donors (Lipinski definition) is 3. The Morgan fingerprint density at radius 1 is 0.276 bits per heavy atom. The molecule has 0 fully saturated rings. The van der Waals surface area contributed by atoms with Gasteiger partial charge in [-0.1, -0.05) is 363 Å². The Bertz CT molecular complexity index is 1890. The van der Waals surface area contributed by atoms with Crippen molar-refractivity contribution in [2.75, 3.05) is 39.6 Å². The highest BCUT2D eigenvalue weighted by Crippen LogP contribution is 2.45. The molecular formula is C79H154O17P2. The van der Waals surface area contributed by atoms with E-state index in [1.165, 1.54) is 231 Å². The maximum Gasteiger partial charge on any atom is 0.472 e. The minimum atomic E-state index is -4.96. The number of phosphoric acid groups is 2. The fourth-order valence-corrected chi connectivity index (χ4v) is 13.8. The van der Waals surface area contributed by atoms with Gasteiger partial charge in [0, 0.05) is 25.7 Å². The SMILES string of the molecule is CCCCCCCCCCCCCCCCC(=O)OC[C@H](COP(=O)(O)OC[C@@H](O)COP(=O)(O)OC[C@@H](COC(=O)CCCCCCCCCCCC(C)C)OC(=O)CCCCCCCCCCCCCCCC)OC(=O)CCCCCCCCCCCCCCCCCC(C)C. The zero-order valence-electron chi connectivity index (χ0n) is 64.1. The summed E-state index contributed by atoms with van der Waals surface area (Å²) >= 11 is 0. The van der Waals surface area contributed by atoms with Crippen LogP contribution in [0.5, 0.6) is 0 Å². The second-order valence-electron chi connectivity index (χ2n) is 29.4. The molecule has 19 heteroatoms. The lowest BCUT2D eigenvalue weighted by Crippen LogP contribution is -2.30. The molecule has 0 heterocycles. The minimum Gasteiger partial charge on any atom is -0.462 e. The maximum absolute atomic E-state index is 13.1. The number of esters is 4. The average Bonchev–Trinajstić information content (AvgIpc) is 1.02. The van der Waals surface area contributed by atoms with Crippen molar-refractivity contribution in [3.63, 3.8) is 0 Å². The van der Waals surface area contributed by atoms with Crippen molar-refractivity contribution in [1.29, 1.82) is 0 Å². The molecule has 0 aliphatic carbocycles. The van der Waals surface area contributed by atoms with Gasteiger partial charge in [0.15, 0.2) is 12.2 Å². The molecule has 0 aliphatic rings. The quantitative estimate of drug-likeness (QED) is 0.0222. The highest BCUT2D eigenvalue weighted by molar-refractivity contribution is 7.47. The third-order valence-electron chi connectivity index (χ3n) is 18.5. The maximum atomic E-state index is 13.1. The first kappa shape index (κ1) is 96.1. The lowest BCUT2D eigenvalue weighted by atomic mass is 10.0. The van der Waals surface area contributed by atoms with Crippen molar-refractivity contribution in [3.05, 3.63) is 0 Å². The molecule has 0 saturated carbocycles. The van der Waals surface area contributed by atoms with Crippen molar-refractivity contribution in [2.24, 2.45) is 11.8 Å². The third kappa shape index (κ3) is 72.4. The highest BCUT2D eigenvalue weighted by atomic mass is 31.2. The van der Waals surface area contributed by atoms with Crippen molar-refractivity contribution in [2.45, 2.75) is 432 Å². The van der Waals surface area contributed by atoms with E-state index >= 15 is 0 Å². The van der Waals surface area contributed by atoms with E-state index in [0.717, 1.165) is 102 Å². The van der Waals surface area contributed by atoms with E-state index in [0.29, 0.717) is 25.7 Å². The molecular weight excluding hydrogens is 1280 g/mol. The molecule has 0 aliphatic heterocycles. The largest absolute Gasteiger partial charge is 0.472 e. The van der Waals surface area contributed by atoms with E-state index in [-0.39, 0.29) is 25.7 Å². The van der Waals surface area contributed by atoms with E-state index in [1.807, 2.05) is 0 Å². The van der Waals surface area contributed by atoms with Gasteiger partial charge in [-0.2, -0.15) is 0 Å². The van der Waals surface area contributed by atoms with Crippen LogP contribution in [0.1, 0.15) is 414 Å². The van der Waals surface area contributed by atoms with Crippen molar-refractivity contribution >= 4 is 39.5 Å². The van der Waals surface area contributed by atoms with E-state index in [2.05, 4.69) is 41.5 Å². The van der Waals surface area contributed by atoms with Crippen LogP contribution in [-0.2, 0) is 65.4 Å². The Kier molecular flexibility index (Phi) is 69.3. The normalized spacial score (nSPS) is 13.9. The molecule has 2 unspecified atom stereocenters. The smallest absolute Gasteiger partial charge is 0.462 e. The summed E-state index contributed by atoms with van der Waals surface area (Å²) in [5.41, 5.74) is 0. The van der Waals surface area contributed by atoms with Crippen LogP contribution in [0.15, 0.2) is 0 Å². The second kappa shape index (κ2) is 70.7. The van der Waals surface area contributed by atoms with Gasteiger partial charge in [-0.25, -0.2) is 9.13 Å². The molecule has 98 heavy (non-hydrogen) atoms. The minimum absolute atomic E-state index is 0.108. The zero-order valence-corrected chi connectivity index (χ0v) is 65.9. The predicted molar refractivity (Wildman–Crippen MR) is 400 cm³/mol. The van der Waals surface area contributed by atoms with Gasteiger partial charge < -0.3 is 33.8 Å². The summed E-state index contributed by atoms with van der Waals surface area (Å²) in [5, 5.41) is 10.6. The molecule has 0 saturated heterocycles. The standard InChI is InChI=1S/C79H154O17P2/c1-7-9-11-13-15-17-19-21-27-31-37-43-49-55-61-76(81)89-67-74(95-79(84)64-58-52-46-39-33-29-25-23-24-26-30-35-41-47-53-59-71(3)4)69-93-97(85,86)91-65-73(80)66-92-98(87,88)94-70-75(68-90-77(82)62-56-50-44-40-34-36-42-48-54-60-72(5)6)96-78(83)63-57-51-45-38-32-28-22-20-18-16-14-12-10-8-2/h71-75,80H,7-70H2,1-6H3,(H,85,86)(H,87,88)/t73-,74-,75-/m1/s1. The predicted octanol–water partition coefficient (Wildman–Crippen LogP) is 23.5. The van der Waals surface area contributed by atoms with Crippen LogP contribution in [0, 0.1) is 11.8 Å². The van der Waals surface area contributed by atoms with Crippen molar-refractivity contribution in [3.8, 4) is 0 Å². The van der Waals surface area contributed by atoms with Crippen molar-refractivity contribution < 1.29 is 80.2 Å². The van der Waals surface area contributed by atoms with Crippen LogP contribution in [0.3, 0.4) is 0 Å². The third-order valence-corrected chi connectivity index (χ3v) is 20.4. The van der Waals surface area contributed by atoms with Gasteiger partial charge in [0.2, 0.25) is 0 Å². The van der Waals surface area contributed by atoms with Crippen LogP contribution in [0.25, 0.3) is 0 Å². The van der Waals surface area contributed by atoms with E-state index in [4.69, 9.17) is 37.0 Å². The number of phosphoric ester groups is 2. The van der Waals surface area contributed by atoms with Gasteiger partial charge >= 0.3 is 39.5 Å². The van der Waals surface area contributed by atoms with E-state index < -0.39 is 97.5 Å². The Labute approximate surface area is 600 Å². The lowest BCUT2D eigenvalue weighted by Gasteiger charge is -2.21. The fraction of sp³-hybridized carbons (Fsp3) is 0.949. The van der Waals surface area contributed by atoms with E-state index in [1.54, 1.807) is 0 Å². The zero-order chi connectivity index (χ0) is 72.1. The lowest BCUT2D eigenvalue weighted by molar-refractivity contribution is -0.161. The van der Waals surface area contributed by atoms with Gasteiger partial charge in [0.1, 0.15) is 19.3 Å². The van der Waals surface area contributed by atoms with E-state index in [9.17, 15) is 43.2 Å². The number of ether oxygens (including phenoxy) is 4. The molecule has 0 aromatic rings. The first-order valence-corrected chi connectivity index (χ1v) is 44.0. The Morgan fingerprint density at radius 2 is 0.469 bits per heavy atom. The molecule has 582 valence electrons. The molecule has 5 atom stereocenters. The molecule has 0 radical (unpaired) electrons. The number of aliphatic hydroxyl groups excluding tert-OH is 1. The molecule has 0 aromatic carbocycles. The number of carbonyl (C=O) groups is 4. The van der Waals surface area contributed by atoms with Crippen LogP contribution >= 0.6 is 15.6 Å². The molecule has 17 nitrogen and oxygen atoms in total. The van der Waals surface area contributed by atoms with Gasteiger partial charge in [0.05, 0.1) is 26.4 Å². The molecule has 0 spiro atoms. The Hall–Kier alpha value is -1.94. The van der Waals surface area contributed by atoms with Gasteiger partial charge in [-0.3, -0.25) is 37.3 Å². The molecule has 0 bridgehead atoms. The Balaban J connectivity index is 5.26. The number of hydrogen-bond acceptors (Lipinski definition) is 15. The first-order valence-electron chi connectivity index (χ1n) is 41.0. The number of rotatable bonds is 78. The summed E-state index contributed by atoms with van der Waals surface area (Å²) < 4.78 is 68.7. The summed E-state index contributed by atoms with van der Waals surface area (Å²) in [4.78, 5) is 73.0. The molecule has 0 aromatic heterocycles. The summed E-state index contributed by atoms with van der Waals surface area (Å²) in [7, 11) is -9.92. The first-order chi connectivity index (χ1) is 47.4. The van der Waals surface area contributed by atoms with Crippen molar-refractivity contribution in [1.82, 2.24) is 0 Å². The monoisotopic (exact) mass is 1440 g/mol. The second-order valence-corrected chi connectivity index (χ2v) is 32.3. The van der Waals surface area contributed by atoms with Crippen LogP contribution in [0.4, 0.5) is 0 Å². The topological polar surface area (TPSA) is 237 Å². The van der Waals surface area contributed by atoms with Crippen LogP contribution in [-0.4, -0.2) is 96.7 Å². The summed E-state index contributed by atoms with van der Waals surface area (Å²) in [6.45, 7) is 9.64. The average molecular weight is 1440 g/mol. The summed E-state index contributed by atoms with van der Waals surface area (Å²) in [6.07, 6.45) is 59.5. The van der Waals surface area contributed by atoms with Crippen LogP contribution < -0.4 is 0 Å². The Morgan fingerprint density at radius 3 is 0.694 bits per heavy atom. The highest BCUT2D eigenvalue weighted by Gasteiger charge is 2.30. The fourth-order valence-electron chi connectivity index (χ4n) is 12.2. The van der Waals surface area contributed by atoms with Gasteiger partial charge in [-0.05, 0) is 37.5 Å².